The number of benzene rings is 1. The van der Waals surface area contributed by atoms with Crippen LogP contribution in [0.4, 0.5) is 11.4 Å². The molecule has 2 aromatic rings. The highest BCUT2D eigenvalue weighted by Crippen LogP contribution is 2.35. The minimum atomic E-state index is -0.696. The second-order valence-corrected chi connectivity index (χ2v) is 4.99. The first-order valence-electron chi connectivity index (χ1n) is 6.06. The van der Waals surface area contributed by atoms with Crippen LogP contribution in [0.5, 0.6) is 0 Å². The van der Waals surface area contributed by atoms with E-state index in [9.17, 15) is 14.9 Å². The molecule has 1 aromatic carbocycles. The number of carbonyl (C=O) groups is 1. The standard InChI is InChI=1S/C13H8BrN5O4/c1-23-13(20)9-6-10(14)16-11(12(9)17-18-15)7-2-4-8(5-3-7)19(21)22/h2-6H,1H3. The summed E-state index contributed by atoms with van der Waals surface area (Å²) >= 11 is 3.17. The van der Waals surface area contributed by atoms with Crippen LogP contribution in [0.2, 0.25) is 0 Å². The van der Waals surface area contributed by atoms with Crippen molar-refractivity contribution in [3.63, 3.8) is 0 Å². The Kier molecular flexibility index (Phi) is 4.89. The Labute approximate surface area is 137 Å². The van der Waals surface area contributed by atoms with Gasteiger partial charge in [0, 0.05) is 22.6 Å². The van der Waals surface area contributed by atoms with Crippen molar-refractivity contribution in [3.05, 3.63) is 61.1 Å². The maximum atomic E-state index is 11.8. The van der Waals surface area contributed by atoms with Crippen LogP contribution in [0.15, 0.2) is 40.0 Å². The number of non-ortho nitro benzene ring substituents is 1. The van der Waals surface area contributed by atoms with Crippen molar-refractivity contribution in [1.29, 1.82) is 0 Å². The minimum Gasteiger partial charge on any atom is -0.465 e. The van der Waals surface area contributed by atoms with Crippen molar-refractivity contribution < 1.29 is 14.5 Å². The molecule has 23 heavy (non-hydrogen) atoms. The van der Waals surface area contributed by atoms with Crippen LogP contribution in [0.1, 0.15) is 10.4 Å². The number of hydrogen-bond acceptors (Lipinski definition) is 6. The number of carbonyl (C=O) groups excluding carboxylic acids is 1. The second-order valence-electron chi connectivity index (χ2n) is 4.17. The lowest BCUT2D eigenvalue weighted by Gasteiger charge is -2.10. The lowest BCUT2D eigenvalue weighted by atomic mass is 10.1. The molecule has 0 atom stereocenters. The smallest absolute Gasteiger partial charge is 0.338 e. The van der Waals surface area contributed by atoms with Gasteiger partial charge in [0.1, 0.15) is 4.60 Å². The number of azide groups is 1. The van der Waals surface area contributed by atoms with Crippen LogP contribution in [0.3, 0.4) is 0 Å². The third kappa shape index (κ3) is 3.44. The molecule has 10 heteroatoms. The van der Waals surface area contributed by atoms with E-state index in [-0.39, 0.29) is 22.6 Å². The Bertz CT molecular complexity index is 831. The van der Waals surface area contributed by atoms with E-state index in [0.717, 1.165) is 0 Å². The number of methoxy groups -OCH3 is 1. The molecular weight excluding hydrogens is 370 g/mol. The monoisotopic (exact) mass is 377 g/mol. The van der Waals surface area contributed by atoms with Gasteiger partial charge in [-0.1, -0.05) is 5.11 Å². The van der Waals surface area contributed by atoms with E-state index in [4.69, 9.17) is 5.53 Å². The first-order valence-corrected chi connectivity index (χ1v) is 6.86. The molecule has 0 saturated carbocycles. The maximum Gasteiger partial charge on any atom is 0.338 e. The summed E-state index contributed by atoms with van der Waals surface area (Å²) in [6, 6.07) is 6.84. The molecule has 0 spiro atoms. The van der Waals surface area contributed by atoms with Gasteiger partial charge >= 0.3 is 5.97 Å². The number of esters is 1. The fourth-order valence-corrected chi connectivity index (χ4v) is 2.27. The van der Waals surface area contributed by atoms with E-state index in [0.29, 0.717) is 10.2 Å². The Morgan fingerprint density at radius 3 is 2.61 bits per heavy atom. The van der Waals surface area contributed by atoms with Gasteiger partial charge in [0.05, 0.1) is 29.0 Å². The van der Waals surface area contributed by atoms with Gasteiger partial charge in [-0.05, 0) is 39.7 Å². The van der Waals surface area contributed by atoms with Gasteiger partial charge < -0.3 is 4.74 Å². The fraction of sp³-hybridized carbons (Fsp3) is 0.0769. The molecule has 0 aliphatic rings. The Morgan fingerprint density at radius 1 is 1.43 bits per heavy atom. The van der Waals surface area contributed by atoms with Crippen LogP contribution in [0, 0.1) is 10.1 Å². The SMILES string of the molecule is COC(=O)c1cc(Br)nc(-c2ccc([N+](=O)[O-])cc2)c1N=[N+]=[N-]. The predicted octanol–water partition coefficient (Wildman–Crippen LogP) is 4.15. The Hall–Kier alpha value is -2.97. The van der Waals surface area contributed by atoms with Crippen molar-refractivity contribution in [2.75, 3.05) is 7.11 Å². The largest absolute Gasteiger partial charge is 0.465 e. The second kappa shape index (κ2) is 6.86. The molecule has 0 amide bonds. The van der Waals surface area contributed by atoms with E-state index in [1.54, 1.807) is 0 Å². The van der Waals surface area contributed by atoms with Gasteiger partial charge in [0.25, 0.3) is 5.69 Å². The maximum absolute atomic E-state index is 11.8. The molecule has 0 unspecified atom stereocenters. The number of rotatable bonds is 4. The lowest BCUT2D eigenvalue weighted by molar-refractivity contribution is -0.384. The van der Waals surface area contributed by atoms with Crippen LogP contribution in [-0.2, 0) is 4.74 Å². The summed E-state index contributed by atoms with van der Waals surface area (Å²) in [5.41, 5.74) is 9.30. The number of aromatic nitrogens is 1. The van der Waals surface area contributed by atoms with Gasteiger partial charge in [0.15, 0.2) is 0 Å². The van der Waals surface area contributed by atoms with Gasteiger partial charge in [-0.3, -0.25) is 10.1 Å². The van der Waals surface area contributed by atoms with Gasteiger partial charge in [-0.25, -0.2) is 9.78 Å². The Morgan fingerprint density at radius 2 is 2.09 bits per heavy atom. The molecule has 116 valence electrons. The Balaban J connectivity index is 2.69. The summed E-state index contributed by atoms with van der Waals surface area (Å²) in [5, 5.41) is 14.2. The quantitative estimate of drug-likeness (QED) is 0.150. The molecule has 0 fully saturated rings. The predicted molar refractivity (Wildman–Crippen MR) is 84.2 cm³/mol. The normalized spacial score (nSPS) is 9.83. The van der Waals surface area contributed by atoms with Crippen LogP contribution in [0.25, 0.3) is 21.7 Å². The van der Waals surface area contributed by atoms with Gasteiger partial charge in [-0.2, -0.15) is 0 Å². The molecule has 1 aromatic heterocycles. The number of halogens is 1. The molecule has 0 bridgehead atoms. The van der Waals surface area contributed by atoms with Gasteiger partial charge in [-0.15, -0.1) is 0 Å². The summed E-state index contributed by atoms with van der Waals surface area (Å²) in [5.74, 6) is -0.696. The van der Waals surface area contributed by atoms with Crippen molar-refractivity contribution in [1.82, 2.24) is 4.98 Å². The molecular formula is C13H8BrN5O4. The molecule has 0 saturated heterocycles. The number of pyridine rings is 1. The van der Waals surface area contributed by atoms with Crippen molar-refractivity contribution in [2.24, 2.45) is 5.11 Å². The molecule has 0 radical (unpaired) electrons. The zero-order valence-electron chi connectivity index (χ0n) is 11.6. The summed E-state index contributed by atoms with van der Waals surface area (Å²) in [6.07, 6.45) is 0. The van der Waals surface area contributed by atoms with E-state index >= 15 is 0 Å². The average Bonchev–Trinajstić information content (AvgIpc) is 2.55. The number of ether oxygens (including phenoxy) is 1. The molecule has 0 aliphatic carbocycles. The van der Waals surface area contributed by atoms with E-state index < -0.39 is 10.9 Å². The first-order chi connectivity index (χ1) is 11.0. The number of nitro groups is 1. The summed E-state index contributed by atoms with van der Waals surface area (Å²) in [4.78, 5) is 28.9. The van der Waals surface area contributed by atoms with Crippen molar-refractivity contribution in [3.8, 4) is 11.3 Å². The van der Waals surface area contributed by atoms with E-state index in [2.05, 4.69) is 35.7 Å². The van der Waals surface area contributed by atoms with E-state index in [1.165, 1.54) is 37.4 Å². The molecule has 0 N–H and O–H groups in total. The highest BCUT2D eigenvalue weighted by atomic mass is 79.9. The van der Waals surface area contributed by atoms with Crippen LogP contribution >= 0.6 is 15.9 Å². The topological polar surface area (TPSA) is 131 Å². The minimum absolute atomic E-state index is 0.0172. The molecule has 2 rings (SSSR count). The third-order valence-corrected chi connectivity index (χ3v) is 3.27. The highest BCUT2D eigenvalue weighted by molar-refractivity contribution is 9.10. The zero-order valence-corrected chi connectivity index (χ0v) is 13.2. The molecule has 0 aliphatic heterocycles. The van der Waals surface area contributed by atoms with Crippen molar-refractivity contribution in [2.45, 2.75) is 0 Å². The summed E-state index contributed by atoms with van der Waals surface area (Å²) < 4.78 is 4.98. The molecule has 1 heterocycles. The third-order valence-electron chi connectivity index (χ3n) is 2.86. The highest BCUT2D eigenvalue weighted by Gasteiger charge is 2.19. The first kappa shape index (κ1) is 16.4. The summed E-state index contributed by atoms with van der Waals surface area (Å²) in [6.45, 7) is 0. The number of nitro benzene ring substituents is 1. The number of nitrogens with zero attached hydrogens (tertiary/aromatic N) is 5. The van der Waals surface area contributed by atoms with Crippen LogP contribution < -0.4 is 0 Å². The molecule has 9 nitrogen and oxygen atoms in total. The average molecular weight is 378 g/mol. The fourth-order valence-electron chi connectivity index (χ4n) is 1.86. The summed E-state index contributed by atoms with van der Waals surface area (Å²) in [7, 11) is 1.20. The lowest BCUT2D eigenvalue weighted by Crippen LogP contribution is -2.03. The van der Waals surface area contributed by atoms with Crippen molar-refractivity contribution >= 4 is 33.3 Å². The number of hydrogen-bond donors (Lipinski definition) is 0. The van der Waals surface area contributed by atoms with Crippen LogP contribution in [-0.4, -0.2) is 23.0 Å². The zero-order chi connectivity index (χ0) is 17.0. The van der Waals surface area contributed by atoms with Gasteiger partial charge in [0.2, 0.25) is 0 Å². The van der Waals surface area contributed by atoms with E-state index in [1.807, 2.05) is 0 Å².